The van der Waals surface area contributed by atoms with Crippen LogP contribution in [0, 0.1) is 0 Å². The number of aromatic amines is 1. The number of fused-ring (bicyclic) bond motifs is 1. The number of rotatable bonds is 7. The molecule has 4 aromatic rings. The quantitative estimate of drug-likeness (QED) is 0.386. The van der Waals surface area contributed by atoms with Crippen molar-refractivity contribution in [3.05, 3.63) is 95.7 Å². The van der Waals surface area contributed by atoms with Crippen LogP contribution in [0.4, 0.5) is 0 Å². The van der Waals surface area contributed by atoms with E-state index in [0.29, 0.717) is 17.9 Å². The zero-order valence-corrected chi connectivity index (χ0v) is 17.9. The number of benzene rings is 3. The average Bonchev–Trinajstić information content (AvgIpc) is 3.21. The summed E-state index contributed by atoms with van der Waals surface area (Å²) in [7, 11) is 0. The van der Waals surface area contributed by atoms with Crippen molar-refractivity contribution < 1.29 is 9.90 Å². The lowest BCUT2D eigenvalue weighted by Crippen LogP contribution is -2.39. The number of para-hydroxylation sites is 1. The highest BCUT2D eigenvalue weighted by Crippen LogP contribution is 2.27. The molecule has 1 heterocycles. The number of carbonyl (C=O) groups excluding carboxylic acids is 1. The Morgan fingerprint density at radius 3 is 2.58 bits per heavy atom. The lowest BCUT2D eigenvalue weighted by molar-refractivity contribution is 0.0917. The Bertz CT molecular complexity index is 1190. The third kappa shape index (κ3) is 4.54. The number of H-pyrrole nitrogens is 1. The molecule has 0 aliphatic carbocycles. The Balaban J connectivity index is 1.57. The minimum Gasteiger partial charge on any atom is -0.394 e. The van der Waals surface area contributed by atoms with E-state index in [1.165, 1.54) is 5.56 Å². The zero-order valence-electron chi connectivity index (χ0n) is 17.9. The predicted molar refractivity (Wildman–Crippen MR) is 126 cm³/mol. The molecule has 0 unspecified atom stereocenters. The van der Waals surface area contributed by atoms with Gasteiger partial charge in [-0.25, -0.2) is 0 Å². The fourth-order valence-electron chi connectivity index (χ4n) is 3.99. The summed E-state index contributed by atoms with van der Waals surface area (Å²) in [5.74, 6) is 0.236. The van der Waals surface area contributed by atoms with E-state index in [1.807, 2.05) is 60.8 Å². The van der Waals surface area contributed by atoms with Gasteiger partial charge >= 0.3 is 0 Å². The normalized spacial score (nSPS) is 12.3. The molecule has 4 nitrogen and oxygen atoms in total. The molecule has 4 rings (SSSR count). The molecule has 31 heavy (non-hydrogen) atoms. The molecule has 0 aliphatic rings. The van der Waals surface area contributed by atoms with Crippen molar-refractivity contribution in [2.75, 3.05) is 6.61 Å². The van der Waals surface area contributed by atoms with Crippen LogP contribution in [0.3, 0.4) is 0 Å². The van der Waals surface area contributed by atoms with Crippen molar-refractivity contribution in [1.82, 2.24) is 10.3 Å². The van der Waals surface area contributed by atoms with Crippen LogP contribution in [0.15, 0.2) is 79.0 Å². The van der Waals surface area contributed by atoms with E-state index in [-0.39, 0.29) is 18.6 Å². The van der Waals surface area contributed by atoms with Gasteiger partial charge in [-0.3, -0.25) is 4.79 Å². The van der Waals surface area contributed by atoms with Gasteiger partial charge in [-0.15, -0.1) is 0 Å². The van der Waals surface area contributed by atoms with Crippen LogP contribution in [-0.2, 0) is 6.42 Å². The van der Waals surface area contributed by atoms with Crippen LogP contribution in [0.2, 0.25) is 0 Å². The first-order valence-electron chi connectivity index (χ1n) is 10.7. The van der Waals surface area contributed by atoms with E-state index in [4.69, 9.17) is 0 Å². The van der Waals surface area contributed by atoms with Gasteiger partial charge in [0.05, 0.1) is 12.6 Å². The average molecular weight is 413 g/mol. The Kier molecular flexibility index (Phi) is 6.19. The molecule has 0 radical (unpaired) electrons. The van der Waals surface area contributed by atoms with Gasteiger partial charge in [0.2, 0.25) is 0 Å². The van der Waals surface area contributed by atoms with Crippen molar-refractivity contribution in [2.24, 2.45) is 0 Å². The standard InChI is InChI=1S/C27H28N2O2/c1-18(2)19-8-7-9-20(14-19)23-10-3-4-12-25(23)27(31)29-22(17-30)15-21-16-28-26-13-6-5-11-24(21)26/h3-14,16,18,22,28,30H,15,17H2,1-2H3,(H,29,31)/t22-/m1/s1. The second-order valence-electron chi connectivity index (χ2n) is 8.24. The van der Waals surface area contributed by atoms with Crippen molar-refractivity contribution in [3.8, 4) is 11.1 Å². The largest absolute Gasteiger partial charge is 0.394 e. The lowest BCUT2D eigenvalue weighted by Gasteiger charge is -2.18. The number of aliphatic hydroxyl groups is 1. The van der Waals surface area contributed by atoms with Crippen LogP contribution in [0.5, 0.6) is 0 Å². The highest BCUT2D eigenvalue weighted by atomic mass is 16.3. The van der Waals surface area contributed by atoms with Crippen molar-refractivity contribution in [2.45, 2.75) is 32.2 Å². The minimum absolute atomic E-state index is 0.129. The Morgan fingerprint density at radius 1 is 1.00 bits per heavy atom. The summed E-state index contributed by atoms with van der Waals surface area (Å²) >= 11 is 0. The van der Waals surface area contributed by atoms with Gasteiger partial charge < -0.3 is 15.4 Å². The lowest BCUT2D eigenvalue weighted by atomic mass is 9.94. The molecule has 0 fully saturated rings. The molecule has 3 N–H and O–H groups in total. The predicted octanol–water partition coefficient (Wildman–Crippen LogP) is 5.29. The maximum absolute atomic E-state index is 13.2. The molecule has 3 aromatic carbocycles. The van der Waals surface area contributed by atoms with Gasteiger partial charge in [0.1, 0.15) is 0 Å². The maximum atomic E-state index is 13.2. The summed E-state index contributed by atoms with van der Waals surface area (Å²) < 4.78 is 0. The number of nitrogens with one attached hydrogen (secondary N) is 2. The number of carbonyl (C=O) groups is 1. The van der Waals surface area contributed by atoms with Gasteiger partial charge in [-0.2, -0.15) is 0 Å². The van der Waals surface area contributed by atoms with E-state index in [1.54, 1.807) is 0 Å². The Hall–Kier alpha value is -3.37. The van der Waals surface area contributed by atoms with Crippen LogP contribution in [-0.4, -0.2) is 28.6 Å². The summed E-state index contributed by atoms with van der Waals surface area (Å²) in [4.78, 5) is 16.4. The molecule has 1 aromatic heterocycles. The summed E-state index contributed by atoms with van der Waals surface area (Å²) in [6.07, 6.45) is 2.50. The van der Waals surface area contributed by atoms with Crippen LogP contribution in [0.25, 0.3) is 22.0 Å². The molecule has 0 aliphatic heterocycles. The van der Waals surface area contributed by atoms with Crippen molar-refractivity contribution >= 4 is 16.8 Å². The van der Waals surface area contributed by atoms with Crippen LogP contribution in [0.1, 0.15) is 41.3 Å². The summed E-state index contributed by atoms with van der Waals surface area (Å²) in [5, 5.41) is 14.1. The maximum Gasteiger partial charge on any atom is 0.252 e. The molecular formula is C27H28N2O2. The molecule has 158 valence electrons. The molecule has 0 bridgehead atoms. The van der Waals surface area contributed by atoms with Gasteiger partial charge in [0.25, 0.3) is 5.91 Å². The highest BCUT2D eigenvalue weighted by Gasteiger charge is 2.18. The van der Waals surface area contributed by atoms with E-state index in [0.717, 1.165) is 27.6 Å². The second-order valence-corrected chi connectivity index (χ2v) is 8.24. The molecular weight excluding hydrogens is 384 g/mol. The van der Waals surface area contributed by atoms with E-state index in [2.05, 4.69) is 42.3 Å². The molecule has 0 saturated heterocycles. The topological polar surface area (TPSA) is 65.1 Å². The molecule has 1 amide bonds. The monoisotopic (exact) mass is 412 g/mol. The zero-order chi connectivity index (χ0) is 21.8. The Labute approximate surface area is 182 Å². The van der Waals surface area contributed by atoms with Crippen LogP contribution >= 0.6 is 0 Å². The van der Waals surface area contributed by atoms with Crippen molar-refractivity contribution in [3.63, 3.8) is 0 Å². The van der Waals surface area contributed by atoms with Crippen LogP contribution < -0.4 is 5.32 Å². The van der Waals surface area contributed by atoms with Gasteiger partial charge in [0.15, 0.2) is 0 Å². The number of hydrogen-bond acceptors (Lipinski definition) is 2. The molecule has 0 spiro atoms. The fourth-order valence-corrected chi connectivity index (χ4v) is 3.99. The van der Waals surface area contributed by atoms with Crippen molar-refractivity contribution in [1.29, 1.82) is 0 Å². The summed E-state index contributed by atoms with van der Waals surface area (Å²) in [6.45, 7) is 4.19. The summed E-state index contributed by atoms with van der Waals surface area (Å²) in [6, 6.07) is 23.6. The minimum atomic E-state index is -0.373. The van der Waals surface area contributed by atoms with E-state index >= 15 is 0 Å². The number of aromatic nitrogens is 1. The number of hydrogen-bond donors (Lipinski definition) is 3. The smallest absolute Gasteiger partial charge is 0.252 e. The fraction of sp³-hybridized carbons (Fsp3) is 0.222. The first kappa shape index (κ1) is 20.9. The van der Waals surface area contributed by atoms with Gasteiger partial charge in [-0.05, 0) is 46.7 Å². The molecule has 1 atom stereocenters. The second kappa shape index (κ2) is 9.19. The van der Waals surface area contributed by atoms with Gasteiger partial charge in [0, 0.05) is 22.7 Å². The first-order chi connectivity index (χ1) is 15.1. The Morgan fingerprint density at radius 2 is 1.77 bits per heavy atom. The SMILES string of the molecule is CC(C)c1cccc(-c2ccccc2C(=O)N[C@@H](CO)Cc2c[nH]c3ccccc23)c1. The molecule has 4 heteroatoms. The summed E-state index contributed by atoms with van der Waals surface area (Å²) in [5.41, 5.74) is 5.89. The molecule has 0 saturated carbocycles. The first-order valence-corrected chi connectivity index (χ1v) is 10.7. The number of aliphatic hydroxyl groups excluding tert-OH is 1. The third-order valence-corrected chi connectivity index (χ3v) is 5.73. The highest BCUT2D eigenvalue weighted by molar-refractivity contribution is 6.01. The van der Waals surface area contributed by atoms with Gasteiger partial charge in [-0.1, -0.05) is 74.5 Å². The third-order valence-electron chi connectivity index (χ3n) is 5.73. The van der Waals surface area contributed by atoms with E-state index < -0.39 is 0 Å². The van der Waals surface area contributed by atoms with E-state index in [9.17, 15) is 9.90 Å². The number of amides is 1.